The van der Waals surface area contributed by atoms with Gasteiger partial charge in [-0.05, 0) is 44.7 Å². The fourth-order valence-corrected chi connectivity index (χ4v) is 4.49. The van der Waals surface area contributed by atoms with Gasteiger partial charge in [-0.25, -0.2) is 4.79 Å². The van der Waals surface area contributed by atoms with Crippen molar-refractivity contribution in [3.63, 3.8) is 0 Å². The Hall–Kier alpha value is -1.65. The number of hydrogen-bond acceptors (Lipinski definition) is 5. The van der Waals surface area contributed by atoms with Crippen molar-refractivity contribution in [2.45, 2.75) is 57.0 Å². The van der Waals surface area contributed by atoms with Crippen LogP contribution in [0.3, 0.4) is 0 Å². The van der Waals surface area contributed by atoms with Gasteiger partial charge in [-0.1, -0.05) is 0 Å². The predicted molar refractivity (Wildman–Crippen MR) is 103 cm³/mol. The minimum Gasteiger partial charge on any atom is -0.475 e. The highest BCUT2D eigenvalue weighted by Crippen LogP contribution is 2.39. The Morgan fingerprint density at radius 3 is 2.31 bits per heavy atom. The van der Waals surface area contributed by atoms with Crippen molar-refractivity contribution in [3.05, 3.63) is 21.9 Å². The van der Waals surface area contributed by atoms with E-state index in [9.17, 15) is 18.0 Å². The van der Waals surface area contributed by atoms with Gasteiger partial charge in [0.15, 0.2) is 0 Å². The van der Waals surface area contributed by atoms with E-state index in [4.69, 9.17) is 14.6 Å². The van der Waals surface area contributed by atoms with Gasteiger partial charge in [0, 0.05) is 43.5 Å². The number of amides is 1. The number of aryl methyl sites for hydroxylation is 1. The summed E-state index contributed by atoms with van der Waals surface area (Å²) in [6.45, 7) is 5.35. The van der Waals surface area contributed by atoms with E-state index >= 15 is 0 Å². The fraction of sp³-hybridized carbons (Fsp3) is 0.684. The summed E-state index contributed by atoms with van der Waals surface area (Å²) in [6.07, 6.45) is -1.30. The predicted octanol–water partition coefficient (Wildman–Crippen LogP) is 3.29. The highest BCUT2D eigenvalue weighted by atomic mass is 32.1. The van der Waals surface area contributed by atoms with Crippen LogP contribution < -0.4 is 0 Å². The average Bonchev–Trinajstić information content (AvgIpc) is 3.23. The topological polar surface area (TPSA) is 70.1 Å². The molecule has 0 saturated carbocycles. The number of ether oxygens (including phenoxy) is 1. The third-order valence-electron chi connectivity index (χ3n) is 5.16. The van der Waals surface area contributed by atoms with Crippen molar-refractivity contribution in [2.75, 3.05) is 27.2 Å². The van der Waals surface area contributed by atoms with Gasteiger partial charge in [-0.2, -0.15) is 13.2 Å². The van der Waals surface area contributed by atoms with Crippen LogP contribution in [-0.4, -0.2) is 71.8 Å². The van der Waals surface area contributed by atoms with Gasteiger partial charge in [0.05, 0.1) is 5.60 Å². The van der Waals surface area contributed by atoms with Crippen LogP contribution in [0.4, 0.5) is 13.2 Å². The molecule has 6 nitrogen and oxygen atoms in total. The molecule has 29 heavy (non-hydrogen) atoms. The summed E-state index contributed by atoms with van der Waals surface area (Å²) < 4.78 is 37.9. The first kappa shape index (κ1) is 23.6. The summed E-state index contributed by atoms with van der Waals surface area (Å²) in [5, 5.41) is 7.12. The van der Waals surface area contributed by atoms with E-state index in [2.05, 4.69) is 24.0 Å². The number of likely N-dealkylation sites (tertiary alicyclic amines) is 1. The summed E-state index contributed by atoms with van der Waals surface area (Å²) in [4.78, 5) is 28.0. The molecule has 0 bridgehead atoms. The zero-order valence-electron chi connectivity index (χ0n) is 16.8. The molecule has 1 N–H and O–H groups in total. The Kier molecular flexibility index (Phi) is 7.69. The van der Waals surface area contributed by atoms with Gasteiger partial charge in [0.2, 0.25) is 0 Å². The molecule has 1 aromatic heterocycles. The fourth-order valence-electron chi connectivity index (χ4n) is 3.55. The maximum Gasteiger partial charge on any atom is 0.490 e. The molecular weight excluding hydrogens is 409 g/mol. The first-order chi connectivity index (χ1) is 13.4. The van der Waals surface area contributed by atoms with Crippen molar-refractivity contribution in [2.24, 2.45) is 0 Å². The number of rotatable bonds is 3. The molecule has 3 heterocycles. The lowest BCUT2D eigenvalue weighted by Gasteiger charge is -2.39. The van der Waals surface area contributed by atoms with Crippen molar-refractivity contribution in [1.82, 2.24) is 9.80 Å². The second kappa shape index (κ2) is 9.44. The van der Waals surface area contributed by atoms with E-state index in [1.165, 1.54) is 9.75 Å². The Balaban J connectivity index is 0.000000370. The largest absolute Gasteiger partial charge is 0.490 e. The number of carboxylic acids is 1. The molecule has 3 rings (SSSR count). The molecule has 10 heteroatoms. The number of likely N-dealkylation sites (N-methyl/N-ethyl adjacent to an activating group) is 1. The van der Waals surface area contributed by atoms with Gasteiger partial charge in [0.25, 0.3) is 5.91 Å². The van der Waals surface area contributed by atoms with Gasteiger partial charge in [-0.3, -0.25) is 9.69 Å². The third kappa shape index (κ3) is 6.68. The molecule has 164 valence electrons. The van der Waals surface area contributed by atoms with Crippen LogP contribution in [-0.2, 0) is 20.9 Å². The molecular formula is C19H27F3N2O4S. The number of aliphatic carboxylic acids is 1. The Bertz CT molecular complexity index is 713. The number of thiophene rings is 1. The maximum absolute atomic E-state index is 12.1. The van der Waals surface area contributed by atoms with E-state index in [-0.39, 0.29) is 17.6 Å². The maximum atomic E-state index is 12.1. The molecule has 0 aromatic carbocycles. The van der Waals surface area contributed by atoms with E-state index in [1.807, 2.05) is 25.4 Å². The van der Waals surface area contributed by atoms with Crippen molar-refractivity contribution in [3.8, 4) is 0 Å². The number of hydrogen-bond donors (Lipinski definition) is 1. The van der Waals surface area contributed by atoms with Gasteiger partial charge in [-0.15, -0.1) is 11.3 Å². The molecule has 2 aliphatic rings. The summed E-state index contributed by atoms with van der Waals surface area (Å²) in [6, 6.07) is 4.44. The van der Waals surface area contributed by atoms with Gasteiger partial charge < -0.3 is 14.7 Å². The first-order valence-corrected chi connectivity index (χ1v) is 10.2. The Morgan fingerprint density at radius 1 is 1.28 bits per heavy atom. The van der Waals surface area contributed by atoms with Crippen LogP contribution >= 0.6 is 11.3 Å². The van der Waals surface area contributed by atoms with E-state index in [1.54, 1.807) is 4.90 Å². The number of carboxylic acid groups (broad SMARTS) is 1. The third-order valence-corrected chi connectivity index (χ3v) is 6.14. The number of halogens is 3. The van der Waals surface area contributed by atoms with Crippen LogP contribution in [0.1, 0.15) is 35.4 Å². The summed E-state index contributed by atoms with van der Waals surface area (Å²) in [7, 11) is 3.62. The normalized spacial score (nSPS) is 21.5. The summed E-state index contributed by atoms with van der Waals surface area (Å²) in [5.41, 5.74) is -0.0434. The SMILES string of the molecule is Cc1ccc(CN2CCC3(CCC(C(=O)N(C)C)O3)CC2)s1.O=C(O)C(F)(F)F. The standard InChI is InChI=1S/C17H26N2O2S.C2HF3O2/c1-13-4-5-14(22-13)12-19-10-8-17(9-11-19)7-6-15(21-17)16(20)18(2)3;3-2(4,5)1(6)7/h4-5,15H,6-12H2,1-3H3;(H,6,7). The van der Waals surface area contributed by atoms with Gasteiger partial charge >= 0.3 is 12.1 Å². The lowest BCUT2D eigenvalue weighted by molar-refractivity contribution is -0.192. The highest BCUT2D eigenvalue weighted by molar-refractivity contribution is 7.11. The molecule has 0 radical (unpaired) electrons. The highest BCUT2D eigenvalue weighted by Gasteiger charge is 2.45. The van der Waals surface area contributed by atoms with E-state index < -0.39 is 12.1 Å². The number of piperidine rings is 1. The lowest BCUT2D eigenvalue weighted by atomic mass is 9.88. The van der Waals surface area contributed by atoms with Crippen LogP contribution in [0, 0.1) is 6.92 Å². The van der Waals surface area contributed by atoms with Gasteiger partial charge in [0.1, 0.15) is 6.10 Å². The van der Waals surface area contributed by atoms with Crippen molar-refractivity contribution in [1.29, 1.82) is 0 Å². The number of nitrogens with zero attached hydrogens (tertiary/aromatic N) is 2. The molecule has 2 saturated heterocycles. The quantitative estimate of drug-likeness (QED) is 0.788. The van der Waals surface area contributed by atoms with Crippen molar-refractivity contribution >= 4 is 23.2 Å². The van der Waals surface area contributed by atoms with Crippen LogP contribution in [0.15, 0.2) is 12.1 Å². The second-order valence-electron chi connectivity index (χ2n) is 7.65. The summed E-state index contributed by atoms with van der Waals surface area (Å²) >= 11 is 1.89. The molecule has 1 unspecified atom stereocenters. The molecule has 2 fully saturated rings. The number of alkyl halides is 3. The molecule has 2 aliphatic heterocycles. The first-order valence-electron chi connectivity index (χ1n) is 9.39. The molecule has 0 aliphatic carbocycles. The van der Waals surface area contributed by atoms with Crippen LogP contribution in [0.5, 0.6) is 0 Å². The molecule has 1 amide bonds. The smallest absolute Gasteiger partial charge is 0.475 e. The average molecular weight is 436 g/mol. The zero-order valence-corrected chi connectivity index (χ0v) is 17.6. The molecule has 1 spiro atoms. The monoisotopic (exact) mass is 436 g/mol. The summed E-state index contributed by atoms with van der Waals surface area (Å²) in [5.74, 6) is -2.64. The number of carbonyl (C=O) groups excluding carboxylic acids is 1. The van der Waals surface area contributed by atoms with Crippen LogP contribution in [0.2, 0.25) is 0 Å². The zero-order chi connectivity index (χ0) is 21.8. The van der Waals surface area contributed by atoms with Crippen LogP contribution in [0.25, 0.3) is 0 Å². The Morgan fingerprint density at radius 2 is 1.86 bits per heavy atom. The molecule has 1 atom stereocenters. The van der Waals surface area contributed by atoms with Crippen molar-refractivity contribution < 1.29 is 32.6 Å². The minimum absolute atomic E-state index is 0.0434. The van der Waals surface area contributed by atoms with E-state index in [0.717, 1.165) is 45.3 Å². The Labute approximate surface area is 172 Å². The number of carbonyl (C=O) groups is 2. The lowest BCUT2D eigenvalue weighted by Crippen LogP contribution is -2.45. The second-order valence-corrected chi connectivity index (χ2v) is 9.02. The minimum atomic E-state index is -5.08. The molecule has 1 aromatic rings. The van der Waals surface area contributed by atoms with E-state index in [0.29, 0.717) is 0 Å².